The summed E-state index contributed by atoms with van der Waals surface area (Å²) in [5.74, 6) is -0.0415. The molecule has 6 atom stereocenters. The van der Waals surface area contributed by atoms with Gasteiger partial charge < -0.3 is 29.2 Å². The van der Waals surface area contributed by atoms with Crippen LogP contribution in [-0.4, -0.2) is 71.3 Å². The third-order valence-corrected chi connectivity index (χ3v) is 8.68. The van der Waals surface area contributed by atoms with Crippen LogP contribution < -0.4 is 0 Å². The zero-order chi connectivity index (χ0) is 40.8. The zero-order valence-corrected chi connectivity index (χ0v) is 33.7. The molecule has 5 rings (SSSR count). The highest BCUT2D eigenvalue weighted by Gasteiger charge is 2.27. The highest BCUT2D eigenvalue weighted by molar-refractivity contribution is 6.67. The molecule has 0 spiro atoms. The Hall–Kier alpha value is -4.12. The summed E-state index contributed by atoms with van der Waals surface area (Å²) in [4.78, 5) is 33.7. The van der Waals surface area contributed by atoms with Crippen molar-refractivity contribution in [3.8, 4) is 0 Å². The lowest BCUT2D eigenvalue weighted by Crippen LogP contribution is -2.16. The van der Waals surface area contributed by atoms with Gasteiger partial charge in [0.2, 0.25) is 6.29 Å². The van der Waals surface area contributed by atoms with E-state index in [1.54, 1.807) is 60.7 Å². The third kappa shape index (κ3) is 22.1. The number of halogens is 1. The van der Waals surface area contributed by atoms with Gasteiger partial charge in [-0.25, -0.2) is 9.59 Å². The van der Waals surface area contributed by atoms with Crippen molar-refractivity contribution >= 4 is 28.8 Å². The quantitative estimate of drug-likeness (QED) is 0.0990. The van der Waals surface area contributed by atoms with E-state index in [9.17, 15) is 14.4 Å². The molecule has 2 fully saturated rings. The van der Waals surface area contributed by atoms with Crippen LogP contribution in [0.1, 0.15) is 110 Å². The molecule has 0 aliphatic carbocycles. The summed E-state index contributed by atoms with van der Waals surface area (Å²) in [6, 6.07) is 26.8. The maximum Gasteiger partial charge on any atom is 0.340 e. The largest absolute Gasteiger partial charge is 0.458 e. The molecule has 0 amide bonds. The average Bonchev–Trinajstić information content (AvgIpc) is 3.87. The van der Waals surface area contributed by atoms with E-state index in [-0.39, 0.29) is 36.5 Å². The lowest BCUT2D eigenvalue weighted by Gasteiger charge is -2.13. The van der Waals surface area contributed by atoms with Gasteiger partial charge in [0, 0.05) is 24.8 Å². The van der Waals surface area contributed by atoms with Crippen LogP contribution >= 0.6 is 11.6 Å². The fraction of sp³-hybridized carbons (Fsp3) is 0.444. The fourth-order valence-electron chi connectivity index (χ4n) is 4.96. The van der Waals surface area contributed by atoms with Gasteiger partial charge in [-0.1, -0.05) is 113 Å². The Bertz CT molecular complexity index is 1470. The number of aliphatic hydroxyl groups is 2. The van der Waals surface area contributed by atoms with Crippen molar-refractivity contribution in [2.75, 3.05) is 13.2 Å². The first-order chi connectivity index (χ1) is 26.5. The Kier molecular flexibility index (Phi) is 26.8. The van der Waals surface area contributed by atoms with Gasteiger partial charge in [-0.15, -0.1) is 13.2 Å². The van der Waals surface area contributed by atoms with E-state index < -0.39 is 5.24 Å². The maximum atomic E-state index is 11.7. The predicted octanol–water partition coefficient (Wildman–Crippen LogP) is 9.76. The Balaban J connectivity index is 0.000000358. The van der Waals surface area contributed by atoms with Crippen molar-refractivity contribution in [3.63, 3.8) is 0 Å². The smallest absolute Gasteiger partial charge is 0.340 e. The lowest BCUT2D eigenvalue weighted by molar-refractivity contribution is -0.0777. The zero-order valence-electron chi connectivity index (χ0n) is 32.9. The van der Waals surface area contributed by atoms with Gasteiger partial charge in [-0.2, -0.15) is 0 Å². The second-order valence-corrected chi connectivity index (χ2v) is 13.2. The number of hydrogen-bond acceptors (Lipinski definition) is 9. The number of carbonyl (C=O) groups excluding carboxylic acids is 3. The summed E-state index contributed by atoms with van der Waals surface area (Å²) in [6.45, 7) is 16.5. The number of ether oxygens (including phenoxy) is 4. The van der Waals surface area contributed by atoms with Gasteiger partial charge in [-0.3, -0.25) is 4.79 Å². The molecule has 3 aromatic carbocycles. The van der Waals surface area contributed by atoms with Crippen LogP contribution in [0.2, 0.25) is 0 Å². The minimum atomic E-state index is -0.407. The van der Waals surface area contributed by atoms with E-state index in [4.69, 9.17) is 40.8 Å². The molecule has 2 saturated heterocycles. The normalized spacial score (nSPS) is 19.0. The number of benzene rings is 3. The van der Waals surface area contributed by atoms with Gasteiger partial charge in [-0.05, 0) is 67.5 Å². The van der Waals surface area contributed by atoms with E-state index in [0.29, 0.717) is 48.3 Å². The Morgan fingerprint density at radius 2 is 1.27 bits per heavy atom. The van der Waals surface area contributed by atoms with Crippen LogP contribution in [0.3, 0.4) is 0 Å². The second-order valence-electron chi connectivity index (χ2n) is 12.8. The van der Waals surface area contributed by atoms with Crippen LogP contribution in [0, 0.1) is 5.92 Å². The van der Waals surface area contributed by atoms with E-state index in [2.05, 4.69) is 27.0 Å². The molecule has 10 heteroatoms. The van der Waals surface area contributed by atoms with Gasteiger partial charge in [0.1, 0.15) is 6.10 Å². The Morgan fingerprint density at radius 1 is 0.745 bits per heavy atom. The standard InChI is InChI=1S/C13H16O3.C13H16O2.C7H5ClO.C6H12O2.C6H12O/c1-2-10-8-12(15-9-10)16-13(14)11-6-4-3-5-7-11;1-3-8-12(4-2)15-13(14)11-9-6-5-7-10-11;8-7(9)6-4-2-1-3-5-6;1-2-6-3-5(7)4-8-6;1-3-5-6(7)4-2/h3-7,10,12H,2,8-9H2,1H3;3,5-7,9-10,12H,1,4,8H2,2H3;1-5H;5-7H,2-4H2,1H3;3,6-7H,1,4-5H2,2H3/t10-,12-;;;5-,6-;/m0..0./s1. The van der Waals surface area contributed by atoms with Crippen LogP contribution in [0.15, 0.2) is 116 Å². The molecular weight excluding hydrogens is 720 g/mol. The van der Waals surface area contributed by atoms with Crippen molar-refractivity contribution < 1.29 is 43.5 Å². The molecule has 3 aromatic rings. The van der Waals surface area contributed by atoms with Crippen molar-refractivity contribution in [2.24, 2.45) is 5.92 Å². The van der Waals surface area contributed by atoms with E-state index in [1.165, 1.54) is 0 Å². The first-order valence-electron chi connectivity index (χ1n) is 19.1. The van der Waals surface area contributed by atoms with E-state index in [0.717, 1.165) is 44.9 Å². The van der Waals surface area contributed by atoms with Crippen LogP contribution in [0.5, 0.6) is 0 Å². The number of esters is 2. The molecule has 9 nitrogen and oxygen atoms in total. The molecule has 0 bridgehead atoms. The molecule has 2 aliphatic rings. The summed E-state index contributed by atoms with van der Waals surface area (Å²) in [5, 5.41) is 17.3. The Morgan fingerprint density at radius 3 is 1.62 bits per heavy atom. The molecule has 0 saturated carbocycles. The van der Waals surface area contributed by atoms with Crippen LogP contribution in [-0.2, 0) is 18.9 Å². The lowest BCUT2D eigenvalue weighted by atomic mass is 10.1. The summed E-state index contributed by atoms with van der Waals surface area (Å²) in [7, 11) is 0. The van der Waals surface area contributed by atoms with Crippen molar-refractivity contribution in [2.45, 2.75) is 110 Å². The number of aliphatic hydroxyl groups excluding tert-OH is 2. The molecule has 55 heavy (non-hydrogen) atoms. The summed E-state index contributed by atoms with van der Waals surface area (Å²) >= 11 is 5.16. The number of hydrogen-bond donors (Lipinski definition) is 2. The first kappa shape index (κ1) is 48.9. The molecule has 0 aromatic heterocycles. The second kappa shape index (κ2) is 30.1. The van der Waals surface area contributed by atoms with E-state index >= 15 is 0 Å². The first-order valence-corrected chi connectivity index (χ1v) is 19.5. The van der Waals surface area contributed by atoms with Gasteiger partial charge in [0.15, 0.2) is 0 Å². The molecule has 0 radical (unpaired) electrons. The van der Waals surface area contributed by atoms with Gasteiger partial charge in [0.25, 0.3) is 5.24 Å². The average molecular weight is 781 g/mol. The molecule has 2 N–H and O–H groups in total. The third-order valence-electron chi connectivity index (χ3n) is 8.46. The minimum absolute atomic E-state index is 0.0600. The van der Waals surface area contributed by atoms with Crippen LogP contribution in [0.4, 0.5) is 0 Å². The molecular formula is C45H61ClO9. The number of carbonyl (C=O) groups is 3. The van der Waals surface area contributed by atoms with Gasteiger partial charge in [0.05, 0.1) is 42.7 Å². The summed E-state index contributed by atoms with van der Waals surface area (Å²) in [6.07, 6.45) is 9.83. The van der Waals surface area contributed by atoms with E-state index in [1.807, 2.05) is 56.3 Å². The maximum absolute atomic E-state index is 11.7. The highest BCUT2D eigenvalue weighted by atomic mass is 35.5. The van der Waals surface area contributed by atoms with Crippen molar-refractivity contribution in [1.29, 1.82) is 0 Å². The van der Waals surface area contributed by atoms with Crippen molar-refractivity contribution in [3.05, 3.63) is 133 Å². The SMILES string of the molecule is C=CCC(CC)OC(=O)c1ccccc1.C=CCC(O)CC.CC[C@@H]1CO[C@@H](OC(=O)c2ccccc2)C1.CC[C@H]1C[C@H](O)CO1.O=C(Cl)c1ccccc1. The monoisotopic (exact) mass is 780 g/mol. The summed E-state index contributed by atoms with van der Waals surface area (Å²) < 4.78 is 21.2. The Labute approximate surface area is 333 Å². The molecule has 302 valence electrons. The van der Waals surface area contributed by atoms with Crippen LogP contribution in [0.25, 0.3) is 0 Å². The fourth-order valence-corrected chi connectivity index (χ4v) is 5.08. The summed E-state index contributed by atoms with van der Waals surface area (Å²) in [5.41, 5.74) is 1.71. The van der Waals surface area contributed by atoms with Crippen molar-refractivity contribution in [1.82, 2.24) is 0 Å². The molecule has 2 aliphatic heterocycles. The number of rotatable bonds is 13. The predicted molar refractivity (Wildman–Crippen MR) is 219 cm³/mol. The van der Waals surface area contributed by atoms with Gasteiger partial charge >= 0.3 is 11.9 Å². The topological polar surface area (TPSA) is 129 Å². The minimum Gasteiger partial charge on any atom is -0.458 e. The highest BCUT2D eigenvalue weighted by Crippen LogP contribution is 2.23. The molecule has 2 heterocycles. The molecule has 2 unspecified atom stereocenters.